The maximum absolute atomic E-state index is 6.02. The lowest BCUT2D eigenvalue weighted by Gasteiger charge is -2.16. The first-order chi connectivity index (χ1) is 9.20. The molecule has 0 spiro atoms. The molecule has 0 aromatic heterocycles. The number of hydrogen-bond acceptors (Lipinski definition) is 1. The molecule has 0 aliphatic heterocycles. The van der Waals surface area contributed by atoms with Crippen molar-refractivity contribution < 1.29 is 4.74 Å². The highest BCUT2D eigenvalue weighted by Gasteiger charge is 2.11. The number of alkyl halides is 1. The van der Waals surface area contributed by atoms with Gasteiger partial charge in [-0.3, -0.25) is 0 Å². The van der Waals surface area contributed by atoms with E-state index in [-0.39, 0.29) is 6.10 Å². The fourth-order valence-corrected chi connectivity index (χ4v) is 3.10. The molecule has 2 aromatic carbocycles. The Labute approximate surface area is 140 Å². The molecule has 0 saturated heterocycles. The van der Waals surface area contributed by atoms with Crippen LogP contribution >= 0.6 is 50.1 Å². The average Bonchev–Trinajstić information content (AvgIpc) is 2.41. The van der Waals surface area contributed by atoms with Gasteiger partial charge in [0.1, 0.15) is 0 Å². The molecule has 19 heavy (non-hydrogen) atoms. The zero-order valence-corrected chi connectivity index (χ0v) is 14.7. The van der Waals surface area contributed by atoms with E-state index in [2.05, 4.69) is 50.7 Å². The van der Waals surface area contributed by atoms with Crippen molar-refractivity contribution in [2.75, 3.05) is 4.43 Å². The van der Waals surface area contributed by atoms with Crippen LogP contribution in [0.15, 0.2) is 53.0 Å². The number of benzene rings is 2. The zero-order chi connectivity index (χ0) is 13.7. The van der Waals surface area contributed by atoms with E-state index < -0.39 is 0 Å². The van der Waals surface area contributed by atoms with Crippen molar-refractivity contribution in [3.8, 4) is 0 Å². The van der Waals surface area contributed by atoms with Crippen molar-refractivity contribution in [1.82, 2.24) is 0 Å². The Morgan fingerprint density at radius 2 is 1.95 bits per heavy atom. The SMILES string of the molecule is Clc1cccc(C(CI)OCc2ccccc2Br)c1. The van der Waals surface area contributed by atoms with Gasteiger partial charge in [-0.05, 0) is 29.3 Å². The molecule has 2 aromatic rings. The van der Waals surface area contributed by atoms with E-state index in [0.717, 1.165) is 25.0 Å². The van der Waals surface area contributed by atoms with Crippen LogP contribution in [0.5, 0.6) is 0 Å². The predicted molar refractivity (Wildman–Crippen MR) is 92.0 cm³/mol. The van der Waals surface area contributed by atoms with Gasteiger partial charge >= 0.3 is 0 Å². The molecule has 0 radical (unpaired) electrons. The Morgan fingerprint density at radius 3 is 2.63 bits per heavy atom. The largest absolute Gasteiger partial charge is 0.368 e. The van der Waals surface area contributed by atoms with Crippen LogP contribution in [-0.4, -0.2) is 4.43 Å². The molecule has 2 rings (SSSR count). The predicted octanol–water partition coefficient (Wildman–Crippen LogP) is 5.80. The third-order valence-corrected chi connectivity index (χ3v) is 4.57. The van der Waals surface area contributed by atoms with Crippen molar-refractivity contribution in [1.29, 1.82) is 0 Å². The lowest BCUT2D eigenvalue weighted by Crippen LogP contribution is -2.06. The van der Waals surface area contributed by atoms with Crippen LogP contribution in [-0.2, 0) is 11.3 Å². The monoisotopic (exact) mass is 450 g/mol. The average molecular weight is 452 g/mol. The third-order valence-electron chi connectivity index (χ3n) is 2.76. The van der Waals surface area contributed by atoms with Crippen LogP contribution < -0.4 is 0 Å². The van der Waals surface area contributed by atoms with Crippen LogP contribution in [0.2, 0.25) is 5.02 Å². The summed E-state index contributed by atoms with van der Waals surface area (Å²) in [5.74, 6) is 0. The lowest BCUT2D eigenvalue weighted by atomic mass is 10.1. The van der Waals surface area contributed by atoms with Gasteiger partial charge in [0.15, 0.2) is 0 Å². The maximum atomic E-state index is 6.02. The van der Waals surface area contributed by atoms with E-state index in [0.29, 0.717) is 6.61 Å². The van der Waals surface area contributed by atoms with Crippen LogP contribution in [0.4, 0.5) is 0 Å². The van der Waals surface area contributed by atoms with Gasteiger partial charge in [-0.2, -0.15) is 0 Å². The first-order valence-electron chi connectivity index (χ1n) is 5.87. The fourth-order valence-electron chi connectivity index (χ4n) is 1.74. The van der Waals surface area contributed by atoms with E-state index >= 15 is 0 Å². The smallest absolute Gasteiger partial charge is 0.0919 e. The topological polar surface area (TPSA) is 9.23 Å². The summed E-state index contributed by atoms with van der Waals surface area (Å²) in [6, 6.07) is 16.0. The highest BCUT2D eigenvalue weighted by atomic mass is 127. The summed E-state index contributed by atoms with van der Waals surface area (Å²) in [4.78, 5) is 0. The summed E-state index contributed by atoms with van der Waals surface area (Å²) in [5.41, 5.74) is 2.27. The highest BCUT2D eigenvalue weighted by Crippen LogP contribution is 2.25. The van der Waals surface area contributed by atoms with E-state index in [4.69, 9.17) is 16.3 Å². The molecule has 1 unspecified atom stereocenters. The summed E-state index contributed by atoms with van der Waals surface area (Å²) in [7, 11) is 0. The summed E-state index contributed by atoms with van der Waals surface area (Å²) in [6.45, 7) is 0.585. The van der Waals surface area contributed by atoms with Crippen LogP contribution in [0.25, 0.3) is 0 Å². The molecule has 0 N–H and O–H groups in total. The van der Waals surface area contributed by atoms with Crippen molar-refractivity contribution in [3.05, 3.63) is 69.2 Å². The standard InChI is InChI=1S/C15H13BrClIO/c16-14-7-2-1-4-12(14)10-19-15(9-18)11-5-3-6-13(17)8-11/h1-8,15H,9-10H2. The zero-order valence-electron chi connectivity index (χ0n) is 10.2. The Hall–Kier alpha value is -0.100. The van der Waals surface area contributed by atoms with Crippen LogP contribution in [0.1, 0.15) is 17.2 Å². The number of halogens is 3. The molecule has 1 nitrogen and oxygen atoms in total. The third kappa shape index (κ3) is 4.45. The van der Waals surface area contributed by atoms with Crippen molar-refractivity contribution >= 4 is 50.1 Å². The minimum atomic E-state index is 0.0615. The molecule has 0 bridgehead atoms. The summed E-state index contributed by atoms with van der Waals surface area (Å²) in [5, 5.41) is 0.747. The second-order valence-corrected chi connectivity index (χ2v) is 6.27. The van der Waals surface area contributed by atoms with E-state index in [1.807, 2.05) is 36.4 Å². The van der Waals surface area contributed by atoms with Crippen molar-refractivity contribution in [2.45, 2.75) is 12.7 Å². The normalized spacial score (nSPS) is 12.4. The second-order valence-electron chi connectivity index (χ2n) is 4.10. The number of rotatable bonds is 5. The van der Waals surface area contributed by atoms with Gasteiger partial charge in [0.05, 0.1) is 12.7 Å². The van der Waals surface area contributed by atoms with E-state index in [1.54, 1.807) is 0 Å². The number of hydrogen-bond donors (Lipinski definition) is 0. The van der Waals surface area contributed by atoms with Gasteiger partial charge in [-0.15, -0.1) is 0 Å². The van der Waals surface area contributed by atoms with Gasteiger partial charge in [-0.25, -0.2) is 0 Å². The van der Waals surface area contributed by atoms with Crippen molar-refractivity contribution in [2.24, 2.45) is 0 Å². The Bertz CT molecular complexity index is 547. The highest BCUT2D eigenvalue weighted by molar-refractivity contribution is 14.1. The van der Waals surface area contributed by atoms with Gasteiger partial charge in [0.2, 0.25) is 0 Å². The molecule has 0 aliphatic rings. The molecule has 100 valence electrons. The van der Waals surface area contributed by atoms with Gasteiger partial charge < -0.3 is 4.74 Å². The minimum Gasteiger partial charge on any atom is -0.368 e. The second kappa shape index (κ2) is 7.62. The first-order valence-corrected chi connectivity index (χ1v) is 8.57. The van der Waals surface area contributed by atoms with E-state index in [1.165, 1.54) is 0 Å². The summed E-state index contributed by atoms with van der Waals surface area (Å²) < 4.78 is 7.97. The molecule has 0 aliphatic carbocycles. The molecule has 0 fully saturated rings. The summed E-state index contributed by atoms with van der Waals surface area (Å²) >= 11 is 11.9. The quantitative estimate of drug-likeness (QED) is 0.413. The maximum Gasteiger partial charge on any atom is 0.0919 e. The number of ether oxygens (including phenoxy) is 1. The van der Waals surface area contributed by atoms with Gasteiger partial charge in [0, 0.05) is 13.9 Å². The minimum absolute atomic E-state index is 0.0615. The Morgan fingerprint density at radius 1 is 1.16 bits per heavy atom. The molecule has 1 atom stereocenters. The van der Waals surface area contributed by atoms with Gasteiger partial charge in [-0.1, -0.05) is 80.5 Å². The summed E-state index contributed by atoms with van der Waals surface area (Å²) in [6.07, 6.45) is 0.0615. The fraction of sp³-hybridized carbons (Fsp3) is 0.200. The molecular weight excluding hydrogens is 438 g/mol. The Kier molecular flexibility index (Phi) is 6.13. The lowest BCUT2D eigenvalue weighted by molar-refractivity contribution is 0.0574. The molecule has 0 saturated carbocycles. The molecule has 0 heterocycles. The van der Waals surface area contributed by atoms with Crippen LogP contribution in [0.3, 0.4) is 0 Å². The molecule has 0 amide bonds. The van der Waals surface area contributed by atoms with Crippen molar-refractivity contribution in [3.63, 3.8) is 0 Å². The van der Waals surface area contributed by atoms with Crippen LogP contribution in [0, 0.1) is 0 Å². The molecule has 4 heteroatoms. The van der Waals surface area contributed by atoms with Gasteiger partial charge in [0.25, 0.3) is 0 Å². The van der Waals surface area contributed by atoms with E-state index in [9.17, 15) is 0 Å². The Balaban J connectivity index is 2.06. The molecular formula is C15H13BrClIO. The first kappa shape index (κ1) is 15.3.